The molecule has 0 amide bonds. The predicted molar refractivity (Wildman–Crippen MR) is 76.9 cm³/mol. The van der Waals surface area contributed by atoms with Gasteiger partial charge in [0, 0.05) is 11.0 Å². The molecule has 1 heterocycles. The first-order valence-corrected chi connectivity index (χ1v) is 6.70. The maximum absolute atomic E-state index is 13.7. The molecule has 5 nitrogen and oxygen atoms in total. The molecule has 1 aromatic carbocycles. The number of benzene rings is 1. The van der Waals surface area contributed by atoms with Crippen LogP contribution in [0.5, 0.6) is 17.4 Å². The summed E-state index contributed by atoms with van der Waals surface area (Å²) in [7, 11) is 1.48. The summed E-state index contributed by atoms with van der Waals surface area (Å²) >= 11 is 3.26. The largest absolute Gasteiger partial charge is 0.489 e. The molecule has 0 atom stereocenters. The van der Waals surface area contributed by atoms with Crippen LogP contribution in [0, 0.1) is 5.82 Å². The Labute approximate surface area is 124 Å². The summed E-state index contributed by atoms with van der Waals surface area (Å²) in [5.41, 5.74) is 0. The van der Waals surface area contributed by atoms with E-state index in [1.165, 1.54) is 25.6 Å². The van der Waals surface area contributed by atoms with Gasteiger partial charge in [0.25, 0.3) is 5.88 Å². The van der Waals surface area contributed by atoms with Crippen LogP contribution in [0.3, 0.4) is 0 Å². The molecule has 1 aromatic heterocycles. The maximum atomic E-state index is 13.7. The van der Waals surface area contributed by atoms with Gasteiger partial charge < -0.3 is 14.8 Å². The molecule has 0 saturated heterocycles. The zero-order chi connectivity index (χ0) is 14.5. The van der Waals surface area contributed by atoms with Crippen molar-refractivity contribution in [3.63, 3.8) is 0 Å². The lowest BCUT2D eigenvalue weighted by molar-refractivity contribution is 0.360. The Bertz CT molecular complexity index is 610. The van der Waals surface area contributed by atoms with Crippen LogP contribution in [0.15, 0.2) is 29.0 Å². The average Bonchev–Trinajstić information content (AvgIpc) is 2.43. The molecule has 2 rings (SSSR count). The van der Waals surface area contributed by atoms with Crippen LogP contribution in [0.4, 0.5) is 10.2 Å². The van der Waals surface area contributed by atoms with E-state index < -0.39 is 5.82 Å². The van der Waals surface area contributed by atoms with Crippen molar-refractivity contribution in [1.82, 2.24) is 9.97 Å². The van der Waals surface area contributed by atoms with Crippen LogP contribution in [-0.4, -0.2) is 23.6 Å². The summed E-state index contributed by atoms with van der Waals surface area (Å²) in [6.45, 7) is 2.59. The van der Waals surface area contributed by atoms with Crippen molar-refractivity contribution in [3.05, 3.63) is 34.8 Å². The van der Waals surface area contributed by atoms with Crippen LogP contribution in [0.2, 0.25) is 0 Å². The highest BCUT2D eigenvalue weighted by Crippen LogP contribution is 2.35. The molecule has 106 valence electrons. The van der Waals surface area contributed by atoms with Crippen LogP contribution >= 0.6 is 15.9 Å². The second-order valence-electron chi connectivity index (χ2n) is 3.77. The van der Waals surface area contributed by atoms with Crippen LogP contribution in [-0.2, 0) is 0 Å². The monoisotopic (exact) mass is 341 g/mol. The van der Waals surface area contributed by atoms with Crippen molar-refractivity contribution < 1.29 is 13.9 Å². The third-order valence-corrected chi connectivity index (χ3v) is 2.91. The minimum Gasteiger partial charge on any atom is -0.489 e. The topological polar surface area (TPSA) is 56.3 Å². The van der Waals surface area contributed by atoms with E-state index in [2.05, 4.69) is 31.2 Å². The van der Waals surface area contributed by atoms with E-state index in [1.807, 2.05) is 6.92 Å². The smallest absolute Gasteiger partial charge is 0.268 e. The molecule has 20 heavy (non-hydrogen) atoms. The molecule has 0 aliphatic carbocycles. The molecule has 0 bridgehead atoms. The van der Waals surface area contributed by atoms with Gasteiger partial charge in [-0.15, -0.1) is 0 Å². The Balaban J connectivity index is 2.37. The third-order valence-electron chi connectivity index (χ3n) is 2.42. The minimum absolute atomic E-state index is 0.0545. The van der Waals surface area contributed by atoms with E-state index in [1.54, 1.807) is 6.07 Å². The standard InChI is InChI=1S/C13H13BrFN3O2/c1-3-16-12-11(19-2)13(18-7-17-12)20-10-6-8(14)4-5-9(10)15/h4-7H,3H2,1-2H3,(H,16,17,18). The van der Waals surface area contributed by atoms with Crippen molar-refractivity contribution in [3.8, 4) is 17.4 Å². The highest BCUT2D eigenvalue weighted by Gasteiger charge is 2.15. The second kappa shape index (κ2) is 6.51. The molecule has 0 spiro atoms. The number of nitrogens with zero attached hydrogens (tertiary/aromatic N) is 2. The first kappa shape index (κ1) is 14.5. The quantitative estimate of drug-likeness (QED) is 0.900. The lowest BCUT2D eigenvalue weighted by Crippen LogP contribution is -2.04. The van der Waals surface area contributed by atoms with Crippen molar-refractivity contribution in [1.29, 1.82) is 0 Å². The third kappa shape index (κ3) is 3.16. The van der Waals surface area contributed by atoms with Gasteiger partial charge >= 0.3 is 0 Å². The molecule has 0 saturated carbocycles. The number of hydrogen-bond donors (Lipinski definition) is 1. The van der Waals surface area contributed by atoms with E-state index >= 15 is 0 Å². The number of hydrogen-bond acceptors (Lipinski definition) is 5. The van der Waals surface area contributed by atoms with Gasteiger partial charge in [-0.25, -0.2) is 9.37 Å². The molecule has 0 fully saturated rings. The van der Waals surface area contributed by atoms with Crippen molar-refractivity contribution >= 4 is 21.7 Å². The molecule has 1 N–H and O–H groups in total. The Kier molecular flexibility index (Phi) is 4.73. The average molecular weight is 342 g/mol. The van der Waals surface area contributed by atoms with Crippen LogP contribution in [0.1, 0.15) is 6.92 Å². The van der Waals surface area contributed by atoms with Crippen molar-refractivity contribution in [2.45, 2.75) is 6.92 Å². The normalized spacial score (nSPS) is 10.2. The van der Waals surface area contributed by atoms with Gasteiger partial charge in [0.05, 0.1) is 7.11 Å². The lowest BCUT2D eigenvalue weighted by Gasteiger charge is -2.13. The number of aromatic nitrogens is 2. The SMILES string of the molecule is CCNc1ncnc(Oc2cc(Br)ccc2F)c1OC. The Hall–Kier alpha value is -1.89. The summed E-state index contributed by atoms with van der Waals surface area (Å²) in [4.78, 5) is 8.03. The number of rotatable bonds is 5. The summed E-state index contributed by atoms with van der Waals surface area (Å²) < 4.78 is 25.1. The number of ether oxygens (including phenoxy) is 2. The van der Waals surface area contributed by atoms with Crippen LogP contribution < -0.4 is 14.8 Å². The summed E-state index contributed by atoms with van der Waals surface area (Å²) in [6.07, 6.45) is 1.33. The minimum atomic E-state index is -0.487. The highest BCUT2D eigenvalue weighted by molar-refractivity contribution is 9.10. The van der Waals surface area contributed by atoms with Gasteiger partial charge in [0.15, 0.2) is 17.4 Å². The molecular formula is C13H13BrFN3O2. The van der Waals surface area contributed by atoms with Gasteiger partial charge in [-0.2, -0.15) is 4.98 Å². The molecule has 0 unspecified atom stereocenters. The first-order valence-electron chi connectivity index (χ1n) is 5.91. The summed E-state index contributed by atoms with van der Waals surface area (Å²) in [6, 6.07) is 4.41. The maximum Gasteiger partial charge on any atom is 0.268 e. The Morgan fingerprint density at radius 3 is 2.85 bits per heavy atom. The van der Waals surface area contributed by atoms with E-state index in [9.17, 15) is 4.39 Å². The summed E-state index contributed by atoms with van der Waals surface area (Å²) in [5.74, 6) is 0.539. The number of nitrogens with one attached hydrogen (secondary N) is 1. The number of anilines is 1. The Morgan fingerprint density at radius 2 is 2.15 bits per heavy atom. The molecule has 2 aromatic rings. The molecule has 7 heteroatoms. The lowest BCUT2D eigenvalue weighted by atomic mass is 10.3. The van der Waals surface area contributed by atoms with Gasteiger partial charge in [0.2, 0.25) is 5.75 Å². The second-order valence-corrected chi connectivity index (χ2v) is 4.68. The zero-order valence-corrected chi connectivity index (χ0v) is 12.6. The number of halogens is 2. The molecular weight excluding hydrogens is 329 g/mol. The summed E-state index contributed by atoms with van der Waals surface area (Å²) in [5, 5.41) is 3.02. The molecule has 0 aliphatic rings. The molecule has 0 radical (unpaired) electrons. The van der Waals surface area contributed by atoms with Gasteiger partial charge in [0.1, 0.15) is 6.33 Å². The van der Waals surface area contributed by atoms with E-state index in [0.29, 0.717) is 22.6 Å². The van der Waals surface area contributed by atoms with Gasteiger partial charge in [-0.1, -0.05) is 15.9 Å². The van der Waals surface area contributed by atoms with Crippen molar-refractivity contribution in [2.24, 2.45) is 0 Å². The Morgan fingerprint density at radius 1 is 1.35 bits per heavy atom. The zero-order valence-electron chi connectivity index (χ0n) is 11.0. The number of methoxy groups -OCH3 is 1. The van der Waals surface area contributed by atoms with Gasteiger partial charge in [-0.3, -0.25) is 0 Å². The van der Waals surface area contributed by atoms with E-state index in [4.69, 9.17) is 9.47 Å². The highest BCUT2D eigenvalue weighted by atomic mass is 79.9. The fourth-order valence-corrected chi connectivity index (χ4v) is 1.91. The molecule has 0 aliphatic heterocycles. The van der Waals surface area contributed by atoms with E-state index in [0.717, 1.165) is 0 Å². The fourth-order valence-electron chi connectivity index (χ4n) is 1.57. The first-order chi connectivity index (χ1) is 9.65. The van der Waals surface area contributed by atoms with Crippen molar-refractivity contribution in [2.75, 3.05) is 19.0 Å². The van der Waals surface area contributed by atoms with Crippen LogP contribution in [0.25, 0.3) is 0 Å². The predicted octanol–water partition coefficient (Wildman–Crippen LogP) is 3.61. The fraction of sp³-hybridized carbons (Fsp3) is 0.231. The van der Waals surface area contributed by atoms with E-state index in [-0.39, 0.29) is 11.6 Å². The van der Waals surface area contributed by atoms with Gasteiger partial charge in [-0.05, 0) is 25.1 Å².